The molecule has 0 unspecified atom stereocenters. The van der Waals surface area contributed by atoms with Gasteiger partial charge in [0.2, 0.25) is 0 Å². The van der Waals surface area contributed by atoms with Gasteiger partial charge in [-0.2, -0.15) is 13.2 Å². The van der Waals surface area contributed by atoms with Crippen molar-refractivity contribution < 1.29 is 22.7 Å². The Morgan fingerprint density at radius 3 is 2.50 bits per heavy atom. The molecule has 0 spiro atoms. The number of ether oxygens (including phenoxy) is 1. The minimum atomic E-state index is -4.41. The molecule has 2 rings (SSSR count). The van der Waals surface area contributed by atoms with E-state index < -0.39 is 17.7 Å². The molecule has 0 saturated carbocycles. The van der Waals surface area contributed by atoms with Crippen LogP contribution < -0.4 is 0 Å². The number of hydrogen-bond donors (Lipinski definition) is 0. The molecule has 22 heavy (non-hydrogen) atoms. The van der Waals surface area contributed by atoms with Gasteiger partial charge in [0.25, 0.3) is 0 Å². The first-order chi connectivity index (χ1) is 10.3. The van der Waals surface area contributed by atoms with E-state index in [1.54, 1.807) is 30.3 Å². The van der Waals surface area contributed by atoms with Crippen molar-refractivity contribution in [1.29, 1.82) is 0 Å². The van der Waals surface area contributed by atoms with Crippen LogP contribution in [-0.2, 0) is 10.9 Å². The van der Waals surface area contributed by atoms with Crippen LogP contribution in [0.5, 0.6) is 0 Å². The largest absolute Gasteiger partial charge is 0.465 e. The number of methoxy groups -OCH3 is 1. The van der Waals surface area contributed by atoms with Crippen molar-refractivity contribution in [3.8, 4) is 0 Å². The van der Waals surface area contributed by atoms with E-state index in [9.17, 15) is 18.0 Å². The molecule has 0 aliphatic rings. The standard InChI is InChI=1S/C15H10BrF3O2S/c1-21-14(20)9-3-2-4-12(5-9)22-13-7-10(15(17,18)19)6-11(16)8-13/h2-8H,1H3. The van der Waals surface area contributed by atoms with E-state index >= 15 is 0 Å². The van der Waals surface area contributed by atoms with E-state index in [1.165, 1.54) is 7.11 Å². The van der Waals surface area contributed by atoms with Crippen LogP contribution in [0.1, 0.15) is 15.9 Å². The Bertz CT molecular complexity index is 701. The van der Waals surface area contributed by atoms with Crippen LogP contribution in [0.4, 0.5) is 13.2 Å². The average molecular weight is 391 g/mol. The molecule has 0 atom stereocenters. The summed E-state index contributed by atoms with van der Waals surface area (Å²) >= 11 is 4.22. The number of carbonyl (C=O) groups is 1. The summed E-state index contributed by atoms with van der Waals surface area (Å²) in [5, 5.41) is 0. The number of benzene rings is 2. The Labute approximate surface area is 137 Å². The maximum Gasteiger partial charge on any atom is 0.416 e. The Balaban J connectivity index is 2.31. The highest BCUT2D eigenvalue weighted by Gasteiger charge is 2.31. The van der Waals surface area contributed by atoms with Crippen molar-refractivity contribution in [3.63, 3.8) is 0 Å². The lowest BCUT2D eigenvalue weighted by molar-refractivity contribution is -0.137. The maximum atomic E-state index is 12.8. The van der Waals surface area contributed by atoms with Gasteiger partial charge in [-0.1, -0.05) is 33.8 Å². The number of hydrogen-bond acceptors (Lipinski definition) is 3. The van der Waals surface area contributed by atoms with Crippen molar-refractivity contribution in [2.75, 3.05) is 7.11 Å². The first-order valence-corrected chi connectivity index (χ1v) is 7.64. The summed E-state index contributed by atoms with van der Waals surface area (Å²) in [5.41, 5.74) is -0.382. The van der Waals surface area contributed by atoms with Gasteiger partial charge in [0, 0.05) is 14.3 Å². The fourth-order valence-corrected chi connectivity index (χ4v) is 3.35. The zero-order chi connectivity index (χ0) is 16.3. The molecule has 0 fully saturated rings. The van der Waals surface area contributed by atoms with E-state index in [0.29, 0.717) is 19.8 Å². The number of halogens is 4. The minimum Gasteiger partial charge on any atom is -0.465 e. The van der Waals surface area contributed by atoms with Crippen molar-refractivity contribution in [2.24, 2.45) is 0 Å². The Morgan fingerprint density at radius 1 is 1.14 bits per heavy atom. The average Bonchev–Trinajstić information content (AvgIpc) is 2.45. The van der Waals surface area contributed by atoms with Crippen LogP contribution in [0, 0.1) is 0 Å². The number of esters is 1. The molecule has 0 amide bonds. The van der Waals surface area contributed by atoms with E-state index in [1.807, 2.05) is 0 Å². The van der Waals surface area contributed by atoms with Gasteiger partial charge in [0.15, 0.2) is 0 Å². The van der Waals surface area contributed by atoms with Gasteiger partial charge in [0.1, 0.15) is 0 Å². The molecule has 0 aliphatic heterocycles. The third-order valence-corrected chi connectivity index (χ3v) is 4.11. The monoisotopic (exact) mass is 390 g/mol. The minimum absolute atomic E-state index is 0.342. The third-order valence-electron chi connectivity index (χ3n) is 2.69. The summed E-state index contributed by atoms with van der Waals surface area (Å²) in [5.74, 6) is -0.493. The lowest BCUT2D eigenvalue weighted by Gasteiger charge is -2.10. The fourth-order valence-electron chi connectivity index (χ4n) is 1.73. The zero-order valence-corrected chi connectivity index (χ0v) is 13.7. The molecule has 0 radical (unpaired) electrons. The molecule has 0 heterocycles. The molecular weight excluding hydrogens is 381 g/mol. The van der Waals surface area contributed by atoms with Gasteiger partial charge in [-0.05, 0) is 36.4 Å². The summed E-state index contributed by atoms with van der Waals surface area (Å²) in [6.07, 6.45) is -4.41. The molecule has 0 aliphatic carbocycles. The molecule has 0 saturated heterocycles. The topological polar surface area (TPSA) is 26.3 Å². The van der Waals surface area contributed by atoms with Gasteiger partial charge in [0.05, 0.1) is 18.2 Å². The highest BCUT2D eigenvalue weighted by atomic mass is 79.9. The smallest absolute Gasteiger partial charge is 0.416 e. The second-order valence-electron chi connectivity index (χ2n) is 4.29. The van der Waals surface area contributed by atoms with Gasteiger partial charge >= 0.3 is 12.1 Å². The predicted octanol–water partition coefficient (Wildman–Crippen LogP) is 5.41. The quantitative estimate of drug-likeness (QED) is 0.655. The molecule has 0 N–H and O–H groups in total. The number of alkyl halides is 3. The van der Waals surface area contributed by atoms with E-state index in [0.717, 1.165) is 23.9 Å². The second-order valence-corrected chi connectivity index (χ2v) is 6.36. The van der Waals surface area contributed by atoms with Crippen LogP contribution >= 0.6 is 27.7 Å². The Kier molecular flexibility index (Phi) is 5.18. The molecular formula is C15H10BrF3O2S. The van der Waals surface area contributed by atoms with Crippen molar-refractivity contribution in [3.05, 3.63) is 58.1 Å². The molecule has 2 aromatic rings. The summed E-state index contributed by atoms with van der Waals surface area (Å²) < 4.78 is 43.4. The maximum absolute atomic E-state index is 12.8. The molecule has 0 bridgehead atoms. The highest BCUT2D eigenvalue weighted by Crippen LogP contribution is 2.37. The van der Waals surface area contributed by atoms with E-state index in [4.69, 9.17) is 0 Å². The van der Waals surface area contributed by atoms with E-state index in [-0.39, 0.29) is 0 Å². The summed E-state index contributed by atoms with van der Waals surface area (Å²) in [7, 11) is 1.27. The SMILES string of the molecule is COC(=O)c1cccc(Sc2cc(Br)cc(C(F)(F)F)c2)c1. The highest BCUT2D eigenvalue weighted by molar-refractivity contribution is 9.10. The van der Waals surface area contributed by atoms with Crippen LogP contribution in [0.25, 0.3) is 0 Å². The summed E-state index contributed by atoms with van der Waals surface area (Å²) in [6.45, 7) is 0. The second kappa shape index (κ2) is 6.75. The normalized spacial score (nSPS) is 11.3. The van der Waals surface area contributed by atoms with Crippen molar-refractivity contribution in [1.82, 2.24) is 0 Å². The van der Waals surface area contributed by atoms with Gasteiger partial charge in [-0.15, -0.1) is 0 Å². The molecule has 2 aromatic carbocycles. The van der Waals surface area contributed by atoms with Gasteiger partial charge in [-0.3, -0.25) is 0 Å². The summed E-state index contributed by atoms with van der Waals surface area (Å²) in [4.78, 5) is 12.5. The van der Waals surface area contributed by atoms with Gasteiger partial charge in [-0.25, -0.2) is 4.79 Å². The molecule has 2 nitrogen and oxygen atoms in total. The first-order valence-electron chi connectivity index (χ1n) is 6.03. The lowest BCUT2D eigenvalue weighted by atomic mass is 10.2. The van der Waals surface area contributed by atoms with Crippen LogP contribution in [0.2, 0.25) is 0 Å². The Morgan fingerprint density at radius 2 is 1.86 bits per heavy atom. The zero-order valence-electron chi connectivity index (χ0n) is 11.3. The van der Waals surface area contributed by atoms with Gasteiger partial charge < -0.3 is 4.74 Å². The third kappa shape index (κ3) is 4.27. The predicted molar refractivity (Wildman–Crippen MR) is 81.0 cm³/mol. The number of carbonyl (C=O) groups excluding carboxylic acids is 1. The van der Waals surface area contributed by atoms with E-state index in [2.05, 4.69) is 20.7 Å². The molecule has 116 valence electrons. The van der Waals surface area contributed by atoms with Crippen LogP contribution in [0.15, 0.2) is 56.7 Å². The molecule has 7 heteroatoms. The summed E-state index contributed by atoms with van der Waals surface area (Å²) in [6, 6.07) is 10.2. The fraction of sp³-hybridized carbons (Fsp3) is 0.133. The first kappa shape index (κ1) is 16.9. The van der Waals surface area contributed by atoms with Crippen LogP contribution in [-0.4, -0.2) is 13.1 Å². The van der Waals surface area contributed by atoms with Crippen LogP contribution in [0.3, 0.4) is 0 Å². The Hall–Kier alpha value is -1.47. The lowest BCUT2D eigenvalue weighted by Crippen LogP contribution is -2.04. The van der Waals surface area contributed by atoms with Crippen molar-refractivity contribution in [2.45, 2.75) is 16.0 Å². The number of rotatable bonds is 3. The van der Waals surface area contributed by atoms with Crippen molar-refractivity contribution >= 4 is 33.7 Å². The molecule has 0 aromatic heterocycles.